The maximum absolute atomic E-state index is 12.0. The highest BCUT2D eigenvalue weighted by atomic mass is 32.2. The SMILES string of the molecule is O=C(O)/C(=C1\SC(=O)c2ccccc21)c1ccccc1. The van der Waals surface area contributed by atoms with Gasteiger partial charge < -0.3 is 5.11 Å². The van der Waals surface area contributed by atoms with Crippen molar-refractivity contribution in [1.82, 2.24) is 0 Å². The van der Waals surface area contributed by atoms with Crippen LogP contribution in [0.25, 0.3) is 10.5 Å². The predicted octanol–water partition coefficient (Wildman–Crippen LogP) is 3.53. The fourth-order valence-electron chi connectivity index (χ4n) is 2.20. The third-order valence-electron chi connectivity index (χ3n) is 3.09. The Morgan fingerprint density at radius 1 is 0.900 bits per heavy atom. The van der Waals surface area contributed by atoms with Crippen molar-refractivity contribution >= 4 is 33.3 Å². The first-order chi connectivity index (χ1) is 9.68. The van der Waals surface area contributed by atoms with Gasteiger partial charge in [-0.15, -0.1) is 0 Å². The highest BCUT2D eigenvalue weighted by Gasteiger charge is 2.30. The highest BCUT2D eigenvalue weighted by molar-refractivity contribution is 8.22. The van der Waals surface area contributed by atoms with Gasteiger partial charge in [0.15, 0.2) is 0 Å². The lowest BCUT2D eigenvalue weighted by Gasteiger charge is -2.07. The van der Waals surface area contributed by atoms with Crippen LogP contribution in [0.3, 0.4) is 0 Å². The number of hydrogen-bond donors (Lipinski definition) is 1. The van der Waals surface area contributed by atoms with Gasteiger partial charge in [0.2, 0.25) is 5.12 Å². The van der Waals surface area contributed by atoms with E-state index in [-0.39, 0.29) is 10.7 Å². The Bertz CT molecular complexity index is 732. The maximum Gasteiger partial charge on any atom is 0.337 e. The summed E-state index contributed by atoms with van der Waals surface area (Å²) in [6.07, 6.45) is 0. The lowest BCUT2D eigenvalue weighted by Crippen LogP contribution is -2.01. The number of hydrogen-bond acceptors (Lipinski definition) is 3. The van der Waals surface area contributed by atoms with Crippen LogP contribution in [0, 0.1) is 0 Å². The predicted molar refractivity (Wildman–Crippen MR) is 79.3 cm³/mol. The van der Waals surface area contributed by atoms with Crippen LogP contribution in [-0.4, -0.2) is 16.2 Å². The van der Waals surface area contributed by atoms with Gasteiger partial charge in [-0.2, -0.15) is 0 Å². The second-order valence-corrected chi connectivity index (χ2v) is 5.29. The van der Waals surface area contributed by atoms with Crippen molar-refractivity contribution in [2.24, 2.45) is 0 Å². The molecule has 4 heteroatoms. The Balaban J connectivity index is 2.27. The van der Waals surface area contributed by atoms with E-state index < -0.39 is 5.97 Å². The van der Waals surface area contributed by atoms with E-state index in [0.717, 1.165) is 11.8 Å². The van der Waals surface area contributed by atoms with Crippen LogP contribution in [-0.2, 0) is 4.79 Å². The number of benzene rings is 2. The van der Waals surface area contributed by atoms with Crippen LogP contribution < -0.4 is 0 Å². The van der Waals surface area contributed by atoms with Gasteiger partial charge in [0, 0.05) is 16.0 Å². The van der Waals surface area contributed by atoms with Crippen molar-refractivity contribution in [3.05, 3.63) is 71.3 Å². The van der Waals surface area contributed by atoms with Crippen LogP contribution in [0.5, 0.6) is 0 Å². The number of rotatable bonds is 2. The quantitative estimate of drug-likeness (QED) is 0.856. The molecule has 0 unspecified atom stereocenters. The molecular weight excluding hydrogens is 272 g/mol. The van der Waals surface area contributed by atoms with E-state index in [2.05, 4.69) is 0 Å². The minimum Gasteiger partial charge on any atom is -0.478 e. The Kier molecular flexibility index (Phi) is 3.16. The molecular formula is C16H10O3S. The van der Waals surface area contributed by atoms with Gasteiger partial charge in [0.1, 0.15) is 0 Å². The lowest BCUT2D eigenvalue weighted by molar-refractivity contribution is -0.130. The largest absolute Gasteiger partial charge is 0.478 e. The second kappa shape index (κ2) is 4.98. The van der Waals surface area contributed by atoms with E-state index in [4.69, 9.17) is 0 Å². The molecule has 0 radical (unpaired) electrons. The molecule has 3 rings (SSSR count). The molecule has 1 aliphatic heterocycles. The van der Waals surface area contributed by atoms with E-state index in [0.29, 0.717) is 21.6 Å². The number of aliphatic carboxylic acids is 1. The molecule has 0 atom stereocenters. The molecule has 0 aromatic heterocycles. The van der Waals surface area contributed by atoms with Crippen molar-refractivity contribution in [3.63, 3.8) is 0 Å². The Morgan fingerprint density at radius 2 is 1.50 bits per heavy atom. The van der Waals surface area contributed by atoms with Crippen molar-refractivity contribution in [1.29, 1.82) is 0 Å². The average Bonchev–Trinajstić information content (AvgIpc) is 2.78. The van der Waals surface area contributed by atoms with Crippen molar-refractivity contribution in [2.45, 2.75) is 0 Å². The Labute approximate surface area is 119 Å². The normalized spacial score (nSPS) is 15.9. The summed E-state index contributed by atoms with van der Waals surface area (Å²) in [6.45, 7) is 0. The number of carbonyl (C=O) groups excluding carboxylic acids is 1. The zero-order chi connectivity index (χ0) is 14.1. The van der Waals surface area contributed by atoms with E-state index >= 15 is 0 Å². The van der Waals surface area contributed by atoms with Crippen LogP contribution in [0.15, 0.2) is 54.6 Å². The summed E-state index contributed by atoms with van der Waals surface area (Å²) in [5.74, 6) is -1.02. The summed E-state index contributed by atoms with van der Waals surface area (Å²) in [4.78, 5) is 24.1. The van der Waals surface area contributed by atoms with Gasteiger partial charge in [0.25, 0.3) is 0 Å². The summed E-state index contributed by atoms with van der Waals surface area (Å²) in [6, 6.07) is 16.0. The third-order valence-corrected chi connectivity index (χ3v) is 4.12. The minimum absolute atomic E-state index is 0.106. The first-order valence-corrected chi connectivity index (χ1v) is 6.84. The van der Waals surface area contributed by atoms with Crippen molar-refractivity contribution in [2.75, 3.05) is 0 Å². The van der Waals surface area contributed by atoms with E-state index in [9.17, 15) is 14.7 Å². The van der Waals surface area contributed by atoms with Gasteiger partial charge in [-0.1, -0.05) is 48.5 Å². The molecule has 1 aliphatic rings. The zero-order valence-corrected chi connectivity index (χ0v) is 11.2. The first kappa shape index (κ1) is 12.7. The molecule has 0 saturated carbocycles. The summed E-state index contributed by atoms with van der Waals surface area (Å²) >= 11 is 0.985. The molecule has 2 aromatic rings. The van der Waals surface area contributed by atoms with Gasteiger partial charge in [-0.3, -0.25) is 4.79 Å². The molecule has 0 saturated heterocycles. The highest BCUT2D eigenvalue weighted by Crippen LogP contribution is 2.44. The summed E-state index contributed by atoms with van der Waals surface area (Å²) < 4.78 is 0. The van der Waals surface area contributed by atoms with Crippen molar-refractivity contribution < 1.29 is 14.7 Å². The molecule has 3 nitrogen and oxygen atoms in total. The minimum atomic E-state index is -1.02. The molecule has 0 spiro atoms. The number of carboxylic acids is 1. The molecule has 0 amide bonds. The van der Waals surface area contributed by atoms with Crippen LogP contribution in [0.4, 0.5) is 0 Å². The summed E-state index contributed by atoms with van der Waals surface area (Å²) in [7, 11) is 0. The molecule has 0 aliphatic carbocycles. The molecule has 0 fully saturated rings. The number of thioether (sulfide) groups is 1. The summed E-state index contributed by atoms with van der Waals surface area (Å²) in [5.41, 5.74) is 2.05. The van der Waals surface area contributed by atoms with E-state index in [1.54, 1.807) is 42.5 Å². The van der Waals surface area contributed by atoms with Crippen LogP contribution >= 0.6 is 11.8 Å². The molecule has 98 valence electrons. The average molecular weight is 282 g/mol. The molecule has 1 heterocycles. The maximum atomic E-state index is 12.0. The fourth-order valence-corrected chi connectivity index (χ4v) is 3.27. The fraction of sp³-hybridized carbons (Fsp3) is 0. The summed E-state index contributed by atoms with van der Waals surface area (Å²) in [5, 5.41) is 9.41. The molecule has 1 N–H and O–H groups in total. The molecule has 2 aromatic carbocycles. The van der Waals surface area contributed by atoms with Crippen LogP contribution in [0.1, 0.15) is 21.5 Å². The number of carbonyl (C=O) groups is 2. The monoisotopic (exact) mass is 282 g/mol. The van der Waals surface area contributed by atoms with E-state index in [1.165, 1.54) is 0 Å². The van der Waals surface area contributed by atoms with E-state index in [1.807, 2.05) is 12.1 Å². The Hall–Kier alpha value is -2.33. The standard InChI is InChI=1S/C16H10O3S/c17-15(18)13(10-6-2-1-3-7-10)14-11-8-4-5-9-12(11)16(19)20-14/h1-9H,(H,17,18)/b14-13-. The third kappa shape index (κ3) is 2.04. The number of carboxylic acid groups (broad SMARTS) is 1. The van der Waals surface area contributed by atoms with Gasteiger partial charge >= 0.3 is 5.97 Å². The number of fused-ring (bicyclic) bond motifs is 1. The smallest absolute Gasteiger partial charge is 0.337 e. The molecule has 0 bridgehead atoms. The van der Waals surface area contributed by atoms with Gasteiger partial charge in [-0.25, -0.2) is 4.79 Å². The lowest BCUT2D eigenvalue weighted by atomic mass is 10.0. The molecule has 20 heavy (non-hydrogen) atoms. The van der Waals surface area contributed by atoms with Gasteiger partial charge in [-0.05, 0) is 23.4 Å². The Morgan fingerprint density at radius 3 is 2.15 bits per heavy atom. The van der Waals surface area contributed by atoms with Crippen molar-refractivity contribution in [3.8, 4) is 0 Å². The second-order valence-electron chi connectivity index (χ2n) is 4.31. The first-order valence-electron chi connectivity index (χ1n) is 6.03. The van der Waals surface area contributed by atoms with Gasteiger partial charge in [0.05, 0.1) is 5.57 Å². The topological polar surface area (TPSA) is 54.4 Å². The van der Waals surface area contributed by atoms with Crippen LogP contribution in [0.2, 0.25) is 0 Å². The zero-order valence-electron chi connectivity index (χ0n) is 10.4.